The number of unbranched alkanes of at least 4 members (excludes halogenated alkanes) is 20. The summed E-state index contributed by atoms with van der Waals surface area (Å²) in [5.74, 6) is -2.38. The number of carboxylic acids is 1. The molecule has 0 heterocycles. The number of carbonyl (C=O) groups excluding carboxylic acids is 2. The van der Waals surface area contributed by atoms with E-state index in [4.69, 9.17) is 24.8 Å². The quantitative estimate of drug-likeness (QED) is 0.0244. The van der Waals surface area contributed by atoms with E-state index in [2.05, 4.69) is 30.5 Å². The van der Waals surface area contributed by atoms with Gasteiger partial charge in [0.2, 0.25) is 0 Å². The molecule has 0 aliphatic heterocycles. The van der Waals surface area contributed by atoms with Crippen LogP contribution in [0.5, 0.6) is 0 Å². The van der Waals surface area contributed by atoms with Gasteiger partial charge in [0.1, 0.15) is 12.6 Å². The number of nitrogens with two attached hydrogens (primary N) is 1. The molecule has 0 aliphatic carbocycles. The number of rotatable bonds is 36. The molecular formula is C37H70NO10P. The lowest BCUT2D eigenvalue weighted by atomic mass is 10.1. The molecule has 0 radical (unpaired) electrons. The van der Waals surface area contributed by atoms with Gasteiger partial charge >= 0.3 is 25.7 Å². The van der Waals surface area contributed by atoms with Crippen LogP contribution in [0.2, 0.25) is 0 Å². The third-order valence-electron chi connectivity index (χ3n) is 8.26. The lowest BCUT2D eigenvalue weighted by molar-refractivity contribution is -0.161. The maximum absolute atomic E-state index is 12.5. The van der Waals surface area contributed by atoms with E-state index in [0.29, 0.717) is 12.8 Å². The molecule has 0 aliphatic rings. The zero-order chi connectivity index (χ0) is 36.4. The average molecular weight is 720 g/mol. The number of hydrogen-bond acceptors (Lipinski definition) is 9. The highest BCUT2D eigenvalue weighted by atomic mass is 31.2. The zero-order valence-corrected chi connectivity index (χ0v) is 31.7. The van der Waals surface area contributed by atoms with Crippen LogP contribution in [0.3, 0.4) is 0 Å². The summed E-state index contributed by atoms with van der Waals surface area (Å²) in [4.78, 5) is 45.7. The van der Waals surface area contributed by atoms with Crippen LogP contribution in [-0.2, 0) is 37.5 Å². The van der Waals surface area contributed by atoms with Gasteiger partial charge in [0.05, 0.1) is 13.2 Å². The minimum Gasteiger partial charge on any atom is -0.480 e. The van der Waals surface area contributed by atoms with Gasteiger partial charge in [-0.15, -0.1) is 0 Å². The summed E-state index contributed by atoms with van der Waals surface area (Å²) in [6, 6.07) is -1.52. The van der Waals surface area contributed by atoms with Gasteiger partial charge in [0, 0.05) is 12.8 Å². The predicted octanol–water partition coefficient (Wildman–Crippen LogP) is 9.34. The Balaban J connectivity index is 4.43. The lowest BCUT2D eigenvalue weighted by Crippen LogP contribution is -2.34. The number of carboxylic acid groups (broad SMARTS) is 1. The number of phosphoric acid groups is 1. The Morgan fingerprint density at radius 2 is 1.02 bits per heavy atom. The second kappa shape index (κ2) is 33.4. The Hall–Kier alpha value is -1.78. The summed E-state index contributed by atoms with van der Waals surface area (Å²) in [5.41, 5.74) is 5.31. The molecule has 12 heteroatoms. The standard InChI is InChI=1S/C37H70NO10P/c1-3-5-7-9-11-13-15-16-17-19-20-22-24-26-28-35(39)45-30-33(31-46-49(43,44)47-32-34(38)37(41)42)48-36(40)29-27-25-23-21-18-14-12-10-8-6-4-2/h15-16,33-34H,3-14,17-32,38H2,1-2H3,(H,41,42)(H,43,44)/b16-15+/t33-,34+/m1/s1. The number of phosphoric ester groups is 1. The second-order valence-electron chi connectivity index (χ2n) is 13.1. The van der Waals surface area contributed by atoms with Crippen LogP contribution < -0.4 is 5.73 Å². The van der Waals surface area contributed by atoms with E-state index in [-0.39, 0.29) is 19.4 Å². The fourth-order valence-electron chi connectivity index (χ4n) is 5.18. The van der Waals surface area contributed by atoms with E-state index in [1.165, 1.54) is 77.0 Å². The molecule has 0 bridgehead atoms. The van der Waals surface area contributed by atoms with Crippen molar-refractivity contribution in [2.24, 2.45) is 5.73 Å². The van der Waals surface area contributed by atoms with Crippen LogP contribution in [0.15, 0.2) is 12.2 Å². The summed E-state index contributed by atoms with van der Waals surface area (Å²) in [7, 11) is -4.70. The van der Waals surface area contributed by atoms with Gasteiger partial charge in [-0.1, -0.05) is 135 Å². The first-order valence-electron chi connectivity index (χ1n) is 19.2. The van der Waals surface area contributed by atoms with Gasteiger partial charge < -0.3 is 25.2 Å². The van der Waals surface area contributed by atoms with E-state index in [9.17, 15) is 23.8 Å². The van der Waals surface area contributed by atoms with Crippen molar-refractivity contribution in [3.05, 3.63) is 12.2 Å². The fraction of sp³-hybridized carbons (Fsp3) is 0.865. The predicted molar refractivity (Wildman–Crippen MR) is 194 cm³/mol. The van der Waals surface area contributed by atoms with Gasteiger partial charge in [-0.2, -0.15) is 0 Å². The minimum absolute atomic E-state index is 0.164. The highest BCUT2D eigenvalue weighted by Gasteiger charge is 2.28. The van der Waals surface area contributed by atoms with Crippen molar-refractivity contribution in [3.8, 4) is 0 Å². The molecule has 0 aromatic rings. The largest absolute Gasteiger partial charge is 0.480 e. The average Bonchev–Trinajstić information content (AvgIpc) is 3.07. The van der Waals surface area contributed by atoms with Crippen molar-refractivity contribution in [3.63, 3.8) is 0 Å². The van der Waals surface area contributed by atoms with E-state index >= 15 is 0 Å². The molecule has 0 aromatic carbocycles. The first kappa shape index (κ1) is 47.2. The summed E-state index contributed by atoms with van der Waals surface area (Å²) in [6.45, 7) is 2.76. The summed E-state index contributed by atoms with van der Waals surface area (Å²) in [6.07, 6.45) is 30.0. The third kappa shape index (κ3) is 33.1. The molecule has 1 unspecified atom stereocenters. The molecule has 0 saturated carbocycles. The van der Waals surface area contributed by atoms with E-state index < -0.39 is 51.1 Å². The fourth-order valence-corrected chi connectivity index (χ4v) is 5.95. The Morgan fingerprint density at radius 3 is 1.49 bits per heavy atom. The van der Waals surface area contributed by atoms with E-state index in [1.807, 2.05) is 0 Å². The maximum atomic E-state index is 12.5. The summed E-state index contributed by atoms with van der Waals surface area (Å²) >= 11 is 0. The van der Waals surface area contributed by atoms with E-state index in [0.717, 1.165) is 57.8 Å². The van der Waals surface area contributed by atoms with Gasteiger partial charge in [-0.25, -0.2) is 4.57 Å². The van der Waals surface area contributed by atoms with Crippen LogP contribution in [0.1, 0.15) is 174 Å². The van der Waals surface area contributed by atoms with Crippen molar-refractivity contribution in [2.45, 2.75) is 187 Å². The van der Waals surface area contributed by atoms with Crippen LogP contribution in [0, 0.1) is 0 Å². The molecule has 0 amide bonds. The summed E-state index contributed by atoms with van der Waals surface area (Å²) in [5, 5.41) is 8.85. The first-order valence-corrected chi connectivity index (χ1v) is 20.7. The van der Waals surface area contributed by atoms with Crippen molar-refractivity contribution in [1.29, 1.82) is 0 Å². The number of hydrogen-bond donors (Lipinski definition) is 3. The molecule has 49 heavy (non-hydrogen) atoms. The summed E-state index contributed by atoms with van der Waals surface area (Å²) < 4.78 is 32.5. The Kier molecular flexibility index (Phi) is 32.2. The maximum Gasteiger partial charge on any atom is 0.472 e. The number of allylic oxidation sites excluding steroid dienone is 2. The number of ether oxygens (including phenoxy) is 2. The number of carbonyl (C=O) groups is 3. The van der Waals surface area contributed by atoms with Crippen molar-refractivity contribution >= 4 is 25.7 Å². The van der Waals surface area contributed by atoms with E-state index in [1.54, 1.807) is 0 Å². The van der Waals surface area contributed by atoms with Gasteiger partial charge in [-0.05, 0) is 38.5 Å². The lowest BCUT2D eigenvalue weighted by Gasteiger charge is -2.20. The van der Waals surface area contributed by atoms with Crippen LogP contribution in [-0.4, -0.2) is 59.9 Å². The van der Waals surface area contributed by atoms with Gasteiger partial charge in [0.15, 0.2) is 6.10 Å². The monoisotopic (exact) mass is 719 g/mol. The topological polar surface area (TPSA) is 172 Å². The van der Waals surface area contributed by atoms with Gasteiger partial charge in [0.25, 0.3) is 0 Å². The molecular weight excluding hydrogens is 649 g/mol. The molecule has 0 rings (SSSR count). The van der Waals surface area contributed by atoms with Crippen LogP contribution in [0.4, 0.5) is 0 Å². The highest BCUT2D eigenvalue weighted by Crippen LogP contribution is 2.43. The number of esters is 2. The molecule has 4 N–H and O–H groups in total. The molecule has 0 spiro atoms. The van der Waals surface area contributed by atoms with Crippen molar-refractivity contribution in [1.82, 2.24) is 0 Å². The van der Waals surface area contributed by atoms with Gasteiger partial charge in [-0.3, -0.25) is 23.4 Å². The normalized spacial score (nSPS) is 14.0. The molecule has 0 aromatic heterocycles. The van der Waals surface area contributed by atoms with Crippen LogP contribution >= 0.6 is 7.82 Å². The second-order valence-corrected chi connectivity index (χ2v) is 14.5. The van der Waals surface area contributed by atoms with Crippen LogP contribution in [0.25, 0.3) is 0 Å². The molecule has 0 saturated heterocycles. The SMILES string of the molecule is CCCCCCC/C=C/CCCCCCCC(=O)OC[C@H](COP(=O)(O)OC[C@H](N)C(=O)O)OC(=O)CCCCCCCCCCCCC. The Labute approximate surface area is 297 Å². The first-order chi connectivity index (χ1) is 23.6. The third-order valence-corrected chi connectivity index (χ3v) is 9.21. The molecule has 3 atom stereocenters. The van der Waals surface area contributed by atoms with Crippen molar-refractivity contribution < 1.29 is 47.5 Å². The Bertz CT molecular complexity index is 900. The highest BCUT2D eigenvalue weighted by molar-refractivity contribution is 7.47. The molecule has 288 valence electrons. The minimum atomic E-state index is -4.70. The molecule has 0 fully saturated rings. The van der Waals surface area contributed by atoms with Crippen molar-refractivity contribution in [2.75, 3.05) is 19.8 Å². The smallest absolute Gasteiger partial charge is 0.472 e. The number of aliphatic carboxylic acids is 1. The molecule has 11 nitrogen and oxygen atoms in total. The zero-order valence-electron chi connectivity index (χ0n) is 30.8. The Morgan fingerprint density at radius 1 is 0.612 bits per heavy atom.